The molecule has 0 fully saturated rings. The fraction of sp³-hybridized carbons (Fsp3) is 0.615. The third-order valence-electron chi connectivity index (χ3n) is 5.51. The second kappa shape index (κ2) is 14.6. The minimum atomic E-state index is 0.789. The van der Waals surface area contributed by atoms with E-state index in [1.165, 1.54) is 67.7 Å². The van der Waals surface area contributed by atoms with Crippen LogP contribution in [0.1, 0.15) is 83.1 Å². The summed E-state index contributed by atoms with van der Waals surface area (Å²) in [5.74, 6) is 2.76. The van der Waals surface area contributed by atoms with E-state index in [2.05, 4.69) is 44.2 Å². The largest absolute Gasteiger partial charge is 0.494 e. The predicted molar refractivity (Wildman–Crippen MR) is 127 cm³/mol. The average Bonchev–Trinajstić information content (AvgIpc) is 2.74. The normalized spacial score (nSPS) is 11.1. The molecule has 0 aromatic heterocycles. The topological polar surface area (TPSA) is 18.5 Å². The molecule has 0 bridgehead atoms. The standard InChI is InChI=1S/C26H39ClO2/c1-3-4-5-9-12-19-28-24-15-16-25-22(2)26(17-14-23(25)21-24)29-20-13-10-7-6-8-11-18-27/h14-17,21H,3-13,18-20H2,1-2H3. The zero-order chi connectivity index (χ0) is 20.7. The minimum Gasteiger partial charge on any atom is -0.494 e. The van der Waals surface area contributed by atoms with Gasteiger partial charge in [-0.15, -0.1) is 11.6 Å². The molecule has 29 heavy (non-hydrogen) atoms. The Kier molecular flexibility index (Phi) is 12.0. The third kappa shape index (κ3) is 8.86. The van der Waals surface area contributed by atoms with Crippen molar-refractivity contribution in [2.24, 2.45) is 0 Å². The van der Waals surface area contributed by atoms with Crippen LogP contribution in [0.15, 0.2) is 30.3 Å². The van der Waals surface area contributed by atoms with E-state index in [4.69, 9.17) is 21.1 Å². The van der Waals surface area contributed by atoms with Crippen molar-refractivity contribution in [2.45, 2.75) is 84.5 Å². The first-order chi connectivity index (χ1) is 14.3. The van der Waals surface area contributed by atoms with Crippen molar-refractivity contribution in [3.05, 3.63) is 35.9 Å². The summed E-state index contributed by atoms with van der Waals surface area (Å²) in [4.78, 5) is 0. The molecule has 0 saturated carbocycles. The number of hydrogen-bond acceptors (Lipinski definition) is 2. The number of unbranched alkanes of at least 4 members (excludes halogenated alkanes) is 9. The average molecular weight is 419 g/mol. The molecule has 0 radical (unpaired) electrons. The Balaban J connectivity index is 1.77. The van der Waals surface area contributed by atoms with E-state index in [0.29, 0.717) is 0 Å². The molecule has 0 aliphatic carbocycles. The number of aryl methyl sites for hydroxylation is 1. The number of fused-ring (bicyclic) bond motifs is 1. The van der Waals surface area contributed by atoms with E-state index in [0.717, 1.165) is 49.9 Å². The van der Waals surface area contributed by atoms with Crippen molar-refractivity contribution < 1.29 is 9.47 Å². The van der Waals surface area contributed by atoms with Crippen LogP contribution in [0.3, 0.4) is 0 Å². The summed E-state index contributed by atoms with van der Waals surface area (Å²) >= 11 is 5.71. The Morgan fingerprint density at radius 3 is 2.10 bits per heavy atom. The van der Waals surface area contributed by atoms with Crippen LogP contribution in [0.25, 0.3) is 10.8 Å². The van der Waals surface area contributed by atoms with Gasteiger partial charge in [-0.25, -0.2) is 0 Å². The highest BCUT2D eigenvalue weighted by atomic mass is 35.5. The van der Waals surface area contributed by atoms with Crippen molar-refractivity contribution in [1.29, 1.82) is 0 Å². The SMILES string of the molecule is CCCCCCCOc1ccc2c(C)c(OCCCCCCCCCl)ccc2c1. The molecular formula is C26H39ClO2. The molecule has 2 aromatic carbocycles. The van der Waals surface area contributed by atoms with Gasteiger partial charge in [0.05, 0.1) is 13.2 Å². The summed E-state index contributed by atoms with van der Waals surface area (Å²) < 4.78 is 12.0. The second-order valence-electron chi connectivity index (χ2n) is 7.99. The fourth-order valence-electron chi connectivity index (χ4n) is 3.67. The Morgan fingerprint density at radius 1 is 0.724 bits per heavy atom. The minimum absolute atomic E-state index is 0.789. The maximum Gasteiger partial charge on any atom is 0.122 e. The van der Waals surface area contributed by atoms with Gasteiger partial charge in [-0.05, 0) is 60.7 Å². The Morgan fingerprint density at radius 2 is 1.38 bits per heavy atom. The highest BCUT2D eigenvalue weighted by Crippen LogP contribution is 2.30. The molecule has 162 valence electrons. The van der Waals surface area contributed by atoms with Crippen molar-refractivity contribution >= 4 is 22.4 Å². The van der Waals surface area contributed by atoms with Crippen molar-refractivity contribution in [3.8, 4) is 11.5 Å². The van der Waals surface area contributed by atoms with Crippen LogP contribution < -0.4 is 9.47 Å². The lowest BCUT2D eigenvalue weighted by Gasteiger charge is -2.13. The molecule has 0 heterocycles. The summed E-state index contributed by atoms with van der Waals surface area (Å²) in [6, 6.07) is 10.7. The summed E-state index contributed by atoms with van der Waals surface area (Å²) in [6.07, 6.45) is 13.6. The van der Waals surface area contributed by atoms with Gasteiger partial charge in [0.25, 0.3) is 0 Å². The van der Waals surface area contributed by atoms with Crippen molar-refractivity contribution in [1.82, 2.24) is 0 Å². The van der Waals surface area contributed by atoms with Crippen LogP contribution in [0.4, 0.5) is 0 Å². The Hall–Kier alpha value is -1.41. The van der Waals surface area contributed by atoms with Gasteiger partial charge in [-0.1, -0.05) is 70.4 Å². The molecule has 0 unspecified atom stereocenters. The number of halogens is 1. The predicted octanol–water partition coefficient (Wildman–Crippen LogP) is 8.46. The monoisotopic (exact) mass is 418 g/mol. The van der Waals surface area contributed by atoms with Gasteiger partial charge < -0.3 is 9.47 Å². The van der Waals surface area contributed by atoms with Gasteiger partial charge in [0.2, 0.25) is 0 Å². The maximum absolute atomic E-state index is 6.06. The van der Waals surface area contributed by atoms with E-state index in [1.54, 1.807) is 0 Å². The highest BCUT2D eigenvalue weighted by molar-refractivity contribution is 6.17. The number of hydrogen-bond donors (Lipinski definition) is 0. The van der Waals surface area contributed by atoms with Crippen LogP contribution in [0, 0.1) is 6.92 Å². The fourth-order valence-corrected chi connectivity index (χ4v) is 3.86. The zero-order valence-corrected chi connectivity index (χ0v) is 19.2. The first-order valence-electron chi connectivity index (χ1n) is 11.6. The van der Waals surface area contributed by atoms with Crippen molar-refractivity contribution in [3.63, 3.8) is 0 Å². The summed E-state index contributed by atoms with van der Waals surface area (Å²) in [6.45, 7) is 6.00. The summed E-state index contributed by atoms with van der Waals surface area (Å²) in [5, 5.41) is 2.47. The number of ether oxygens (including phenoxy) is 2. The smallest absolute Gasteiger partial charge is 0.122 e. The van der Waals surface area contributed by atoms with Gasteiger partial charge in [0, 0.05) is 5.88 Å². The van der Waals surface area contributed by atoms with Crippen LogP contribution in [0.2, 0.25) is 0 Å². The summed E-state index contributed by atoms with van der Waals surface area (Å²) in [5.41, 5.74) is 1.22. The van der Waals surface area contributed by atoms with E-state index in [9.17, 15) is 0 Å². The molecule has 0 amide bonds. The highest BCUT2D eigenvalue weighted by Gasteiger charge is 2.06. The lowest BCUT2D eigenvalue weighted by molar-refractivity contribution is 0.302. The molecule has 2 aromatic rings. The van der Waals surface area contributed by atoms with E-state index in [-0.39, 0.29) is 0 Å². The van der Waals surface area contributed by atoms with Gasteiger partial charge in [-0.2, -0.15) is 0 Å². The summed E-state index contributed by atoms with van der Waals surface area (Å²) in [7, 11) is 0. The van der Waals surface area contributed by atoms with Gasteiger partial charge >= 0.3 is 0 Å². The van der Waals surface area contributed by atoms with E-state index in [1.807, 2.05) is 0 Å². The van der Waals surface area contributed by atoms with E-state index >= 15 is 0 Å². The third-order valence-corrected chi connectivity index (χ3v) is 5.78. The molecular weight excluding hydrogens is 380 g/mol. The number of alkyl halides is 1. The van der Waals surface area contributed by atoms with Crippen LogP contribution in [-0.2, 0) is 0 Å². The first kappa shape index (κ1) is 23.9. The number of benzene rings is 2. The first-order valence-corrected chi connectivity index (χ1v) is 12.1. The van der Waals surface area contributed by atoms with Gasteiger partial charge in [0.1, 0.15) is 11.5 Å². The zero-order valence-electron chi connectivity index (χ0n) is 18.5. The lowest BCUT2D eigenvalue weighted by Crippen LogP contribution is -2.00. The molecule has 0 aliphatic rings. The molecule has 0 aliphatic heterocycles. The quantitative estimate of drug-likeness (QED) is 0.201. The molecule has 2 rings (SSSR count). The van der Waals surface area contributed by atoms with Crippen LogP contribution >= 0.6 is 11.6 Å². The van der Waals surface area contributed by atoms with Crippen LogP contribution in [-0.4, -0.2) is 19.1 Å². The van der Waals surface area contributed by atoms with E-state index < -0.39 is 0 Å². The van der Waals surface area contributed by atoms with Gasteiger partial charge in [-0.3, -0.25) is 0 Å². The molecule has 0 spiro atoms. The van der Waals surface area contributed by atoms with Gasteiger partial charge in [0.15, 0.2) is 0 Å². The maximum atomic E-state index is 6.06. The molecule has 2 nitrogen and oxygen atoms in total. The van der Waals surface area contributed by atoms with Crippen LogP contribution in [0.5, 0.6) is 11.5 Å². The second-order valence-corrected chi connectivity index (χ2v) is 8.37. The number of rotatable bonds is 16. The molecule has 3 heteroatoms. The molecule has 0 saturated heterocycles. The Bertz CT molecular complexity index is 698. The van der Waals surface area contributed by atoms with Crippen molar-refractivity contribution in [2.75, 3.05) is 19.1 Å². The lowest BCUT2D eigenvalue weighted by atomic mass is 10.0. The molecule has 0 N–H and O–H groups in total. The Labute approximate surface area is 182 Å². The molecule has 0 atom stereocenters.